The lowest BCUT2D eigenvalue weighted by atomic mass is 9.98. The molecule has 0 saturated carbocycles. The number of nitro groups is 1. The fourth-order valence-electron chi connectivity index (χ4n) is 3.01. The number of nitrogens with one attached hydrogen (secondary N) is 1. The first kappa shape index (κ1) is 14.2. The number of nitro benzene ring substituents is 1. The Morgan fingerprint density at radius 1 is 0.750 bits per heavy atom. The second kappa shape index (κ2) is 5.66. The van der Waals surface area contributed by atoms with Crippen LogP contribution in [-0.4, -0.2) is 9.91 Å². The van der Waals surface area contributed by atoms with Crippen LogP contribution in [0.4, 0.5) is 5.69 Å². The number of para-hydroxylation sites is 1. The maximum absolute atomic E-state index is 10.9. The summed E-state index contributed by atoms with van der Waals surface area (Å²) in [4.78, 5) is 14.0. The van der Waals surface area contributed by atoms with Crippen LogP contribution in [0, 0.1) is 10.1 Å². The molecular weight excluding hydrogens is 300 g/mol. The zero-order valence-electron chi connectivity index (χ0n) is 12.8. The molecule has 4 rings (SSSR count). The number of hydrogen-bond donors (Lipinski definition) is 1. The van der Waals surface area contributed by atoms with E-state index in [1.807, 2.05) is 36.4 Å². The molecule has 0 radical (unpaired) electrons. The molecule has 1 heterocycles. The molecule has 3 aromatic carbocycles. The fraction of sp³-hybridized carbons (Fsp3) is 0. The van der Waals surface area contributed by atoms with Crippen LogP contribution in [0.2, 0.25) is 0 Å². The Morgan fingerprint density at radius 2 is 1.42 bits per heavy atom. The topological polar surface area (TPSA) is 58.9 Å². The van der Waals surface area contributed by atoms with Gasteiger partial charge >= 0.3 is 0 Å². The molecule has 0 unspecified atom stereocenters. The van der Waals surface area contributed by atoms with Crippen molar-refractivity contribution in [2.45, 2.75) is 0 Å². The van der Waals surface area contributed by atoms with Crippen LogP contribution in [0.5, 0.6) is 0 Å². The molecule has 0 aliphatic rings. The minimum atomic E-state index is -0.378. The van der Waals surface area contributed by atoms with Crippen molar-refractivity contribution in [3.05, 3.63) is 89.0 Å². The van der Waals surface area contributed by atoms with Crippen LogP contribution < -0.4 is 0 Å². The van der Waals surface area contributed by atoms with E-state index in [9.17, 15) is 10.1 Å². The Hall–Kier alpha value is -3.40. The molecule has 0 bridgehead atoms. The van der Waals surface area contributed by atoms with E-state index in [1.165, 1.54) is 0 Å². The summed E-state index contributed by atoms with van der Waals surface area (Å²) in [5, 5.41) is 12.0. The number of rotatable bonds is 3. The molecule has 4 heteroatoms. The van der Waals surface area contributed by atoms with E-state index in [4.69, 9.17) is 0 Å². The minimum Gasteiger partial charge on any atom is -0.354 e. The molecule has 0 fully saturated rings. The van der Waals surface area contributed by atoms with Crippen molar-refractivity contribution in [3.63, 3.8) is 0 Å². The predicted molar refractivity (Wildman–Crippen MR) is 95.8 cm³/mol. The van der Waals surface area contributed by atoms with Crippen LogP contribution in [-0.2, 0) is 0 Å². The first-order chi connectivity index (χ1) is 11.7. The number of non-ortho nitro benzene ring substituents is 1. The lowest BCUT2D eigenvalue weighted by Crippen LogP contribution is -1.88. The van der Waals surface area contributed by atoms with E-state index in [2.05, 4.69) is 23.2 Å². The van der Waals surface area contributed by atoms with Crippen molar-refractivity contribution in [1.29, 1.82) is 0 Å². The van der Waals surface area contributed by atoms with Crippen LogP contribution in [0.15, 0.2) is 78.9 Å². The molecule has 1 aromatic heterocycles. The summed E-state index contributed by atoms with van der Waals surface area (Å²) in [7, 11) is 0. The summed E-state index contributed by atoms with van der Waals surface area (Å²) < 4.78 is 0. The number of H-pyrrole nitrogens is 1. The number of fused-ring (bicyclic) bond motifs is 1. The molecule has 4 nitrogen and oxygen atoms in total. The van der Waals surface area contributed by atoms with Crippen molar-refractivity contribution in [2.75, 3.05) is 0 Å². The van der Waals surface area contributed by atoms with E-state index in [0.29, 0.717) is 0 Å². The Morgan fingerprint density at radius 3 is 2.12 bits per heavy atom. The first-order valence-corrected chi connectivity index (χ1v) is 7.65. The van der Waals surface area contributed by atoms with Crippen LogP contribution in [0.1, 0.15) is 0 Å². The average molecular weight is 314 g/mol. The van der Waals surface area contributed by atoms with Crippen molar-refractivity contribution in [2.24, 2.45) is 0 Å². The molecule has 24 heavy (non-hydrogen) atoms. The Kier molecular flexibility index (Phi) is 3.35. The van der Waals surface area contributed by atoms with Gasteiger partial charge in [-0.3, -0.25) is 10.1 Å². The van der Waals surface area contributed by atoms with Gasteiger partial charge in [-0.1, -0.05) is 48.5 Å². The third kappa shape index (κ3) is 2.34. The highest BCUT2D eigenvalue weighted by atomic mass is 16.6. The zero-order valence-corrected chi connectivity index (χ0v) is 12.8. The van der Waals surface area contributed by atoms with Crippen LogP contribution >= 0.6 is 0 Å². The standard InChI is InChI=1S/C20H14N2O2/c23-22(24)16-12-10-14(11-13-16)19-17-8-4-5-9-18(17)21-20(19)15-6-2-1-3-7-15/h1-13,21H. The summed E-state index contributed by atoms with van der Waals surface area (Å²) in [6, 6.07) is 24.9. The second-order valence-electron chi connectivity index (χ2n) is 5.59. The highest BCUT2D eigenvalue weighted by Crippen LogP contribution is 2.38. The zero-order chi connectivity index (χ0) is 16.5. The average Bonchev–Trinajstić information content (AvgIpc) is 3.02. The maximum Gasteiger partial charge on any atom is 0.269 e. The van der Waals surface area contributed by atoms with Gasteiger partial charge in [0.05, 0.1) is 10.6 Å². The number of aromatic amines is 1. The quantitative estimate of drug-likeness (QED) is 0.406. The van der Waals surface area contributed by atoms with E-state index in [1.54, 1.807) is 24.3 Å². The van der Waals surface area contributed by atoms with Crippen LogP contribution in [0.3, 0.4) is 0 Å². The molecule has 0 saturated heterocycles. The van der Waals surface area contributed by atoms with Crippen molar-refractivity contribution in [3.8, 4) is 22.4 Å². The number of nitrogens with zero attached hydrogens (tertiary/aromatic N) is 1. The molecule has 1 N–H and O–H groups in total. The Balaban J connectivity index is 1.97. The summed E-state index contributed by atoms with van der Waals surface area (Å²) >= 11 is 0. The number of hydrogen-bond acceptors (Lipinski definition) is 2. The third-order valence-corrected chi connectivity index (χ3v) is 4.14. The fourth-order valence-corrected chi connectivity index (χ4v) is 3.01. The molecule has 0 aliphatic carbocycles. The molecule has 116 valence electrons. The highest BCUT2D eigenvalue weighted by Gasteiger charge is 2.15. The van der Waals surface area contributed by atoms with E-state index < -0.39 is 0 Å². The maximum atomic E-state index is 10.9. The molecular formula is C20H14N2O2. The van der Waals surface area contributed by atoms with Gasteiger partial charge in [0, 0.05) is 28.6 Å². The van der Waals surface area contributed by atoms with E-state index in [-0.39, 0.29) is 10.6 Å². The molecule has 0 atom stereocenters. The van der Waals surface area contributed by atoms with E-state index in [0.717, 1.165) is 33.3 Å². The monoisotopic (exact) mass is 314 g/mol. The first-order valence-electron chi connectivity index (χ1n) is 7.65. The predicted octanol–water partition coefficient (Wildman–Crippen LogP) is 5.41. The van der Waals surface area contributed by atoms with Crippen molar-refractivity contribution < 1.29 is 4.92 Å². The van der Waals surface area contributed by atoms with Gasteiger partial charge in [-0.15, -0.1) is 0 Å². The van der Waals surface area contributed by atoms with Gasteiger partial charge in [0.15, 0.2) is 0 Å². The summed E-state index contributed by atoms with van der Waals surface area (Å²) in [6.07, 6.45) is 0. The van der Waals surface area contributed by atoms with Crippen LogP contribution in [0.25, 0.3) is 33.3 Å². The van der Waals surface area contributed by atoms with Gasteiger partial charge in [0.25, 0.3) is 5.69 Å². The Bertz CT molecular complexity index is 1020. The summed E-state index contributed by atoms with van der Waals surface area (Å²) in [5.41, 5.74) is 5.26. The van der Waals surface area contributed by atoms with Crippen molar-refractivity contribution in [1.82, 2.24) is 4.98 Å². The molecule has 0 aliphatic heterocycles. The normalized spacial score (nSPS) is 10.8. The van der Waals surface area contributed by atoms with Gasteiger partial charge in [-0.2, -0.15) is 0 Å². The van der Waals surface area contributed by atoms with Gasteiger partial charge < -0.3 is 4.98 Å². The molecule has 0 amide bonds. The molecule has 0 spiro atoms. The van der Waals surface area contributed by atoms with Gasteiger partial charge in [0.2, 0.25) is 0 Å². The highest BCUT2D eigenvalue weighted by molar-refractivity contribution is 6.03. The van der Waals surface area contributed by atoms with Gasteiger partial charge in [-0.25, -0.2) is 0 Å². The summed E-state index contributed by atoms with van der Waals surface area (Å²) in [6.45, 7) is 0. The largest absolute Gasteiger partial charge is 0.354 e. The molecule has 4 aromatic rings. The lowest BCUT2D eigenvalue weighted by molar-refractivity contribution is -0.384. The number of aromatic nitrogens is 1. The SMILES string of the molecule is O=[N+]([O-])c1ccc(-c2c(-c3ccccc3)[nH]c3ccccc23)cc1. The smallest absolute Gasteiger partial charge is 0.269 e. The van der Waals surface area contributed by atoms with E-state index >= 15 is 0 Å². The Labute approximate surface area is 138 Å². The van der Waals surface area contributed by atoms with Crippen molar-refractivity contribution >= 4 is 16.6 Å². The lowest BCUT2D eigenvalue weighted by Gasteiger charge is -2.05. The number of benzene rings is 3. The second-order valence-corrected chi connectivity index (χ2v) is 5.59. The third-order valence-electron chi connectivity index (χ3n) is 4.14. The van der Waals surface area contributed by atoms with Gasteiger partial charge in [0.1, 0.15) is 0 Å². The van der Waals surface area contributed by atoms with Gasteiger partial charge in [-0.05, 0) is 29.3 Å². The summed E-state index contributed by atoms with van der Waals surface area (Å²) in [5.74, 6) is 0. The minimum absolute atomic E-state index is 0.0971.